The van der Waals surface area contributed by atoms with Gasteiger partial charge in [-0.1, -0.05) is 24.3 Å². The first-order valence-corrected chi connectivity index (χ1v) is 10.5. The van der Waals surface area contributed by atoms with Crippen molar-refractivity contribution in [2.45, 2.75) is 18.4 Å². The predicted molar refractivity (Wildman–Crippen MR) is 107 cm³/mol. The molecule has 0 aromatic heterocycles. The Bertz CT molecular complexity index is 885. The van der Waals surface area contributed by atoms with Gasteiger partial charge in [0.25, 0.3) is 0 Å². The summed E-state index contributed by atoms with van der Waals surface area (Å²) in [5.74, 6) is -0.0904. The van der Waals surface area contributed by atoms with Gasteiger partial charge in [0.1, 0.15) is 0 Å². The molecular formula is C20H25N3O3S. The maximum Gasteiger partial charge on any atom is 0.240 e. The molecule has 2 aromatic rings. The Morgan fingerprint density at radius 1 is 0.963 bits per heavy atom. The molecule has 0 saturated carbocycles. The number of hydrogen-bond acceptors (Lipinski definition) is 5. The lowest BCUT2D eigenvalue weighted by molar-refractivity contribution is 0.101. The summed E-state index contributed by atoms with van der Waals surface area (Å²) in [4.78, 5) is 16.1. The van der Waals surface area contributed by atoms with Gasteiger partial charge in [0, 0.05) is 44.0 Å². The topological polar surface area (TPSA) is 69.7 Å². The molecule has 1 aliphatic rings. The van der Waals surface area contributed by atoms with Crippen molar-refractivity contribution >= 4 is 21.5 Å². The van der Waals surface area contributed by atoms with Gasteiger partial charge in [-0.25, -0.2) is 13.1 Å². The second kappa shape index (κ2) is 8.21. The number of benzene rings is 2. The maximum atomic E-state index is 12.4. The van der Waals surface area contributed by atoms with Crippen LogP contribution in [0.5, 0.6) is 0 Å². The van der Waals surface area contributed by atoms with E-state index in [2.05, 4.69) is 21.6 Å². The van der Waals surface area contributed by atoms with E-state index in [0.717, 1.165) is 37.4 Å². The highest BCUT2D eigenvalue weighted by Gasteiger charge is 2.16. The van der Waals surface area contributed by atoms with Crippen LogP contribution >= 0.6 is 0 Å². The molecule has 7 heteroatoms. The van der Waals surface area contributed by atoms with Gasteiger partial charge < -0.3 is 9.80 Å². The number of hydrogen-bond donors (Lipinski definition) is 1. The molecule has 3 rings (SSSR count). The van der Waals surface area contributed by atoms with Crippen LogP contribution in [0.1, 0.15) is 22.8 Å². The molecule has 1 heterocycles. The minimum Gasteiger partial charge on any atom is -0.369 e. The summed E-state index contributed by atoms with van der Waals surface area (Å²) in [6, 6.07) is 14.0. The molecule has 0 spiro atoms. The van der Waals surface area contributed by atoms with E-state index < -0.39 is 10.0 Å². The zero-order valence-electron chi connectivity index (χ0n) is 15.7. The Balaban J connectivity index is 1.61. The summed E-state index contributed by atoms with van der Waals surface area (Å²) in [6.45, 7) is 5.76. The number of nitrogens with one attached hydrogen (secondary N) is 1. The SMILES string of the molecule is CC(=O)c1ccc(S(=O)(=O)NCc2ccc(N3CCN(C)CC3)cc2)cc1. The second-order valence-corrected chi connectivity index (χ2v) is 8.63. The summed E-state index contributed by atoms with van der Waals surface area (Å²) in [6.07, 6.45) is 0. The number of anilines is 1. The molecule has 144 valence electrons. The number of carbonyl (C=O) groups is 1. The third-order valence-electron chi connectivity index (χ3n) is 4.84. The van der Waals surface area contributed by atoms with Crippen molar-refractivity contribution in [3.63, 3.8) is 0 Å². The van der Waals surface area contributed by atoms with Crippen LogP contribution in [0.25, 0.3) is 0 Å². The van der Waals surface area contributed by atoms with Gasteiger partial charge in [-0.3, -0.25) is 4.79 Å². The number of carbonyl (C=O) groups excluding carboxylic acids is 1. The molecule has 1 aliphatic heterocycles. The van der Waals surface area contributed by atoms with Crippen molar-refractivity contribution in [1.82, 2.24) is 9.62 Å². The molecule has 0 atom stereocenters. The molecule has 1 saturated heterocycles. The van der Waals surface area contributed by atoms with Crippen molar-refractivity contribution in [1.29, 1.82) is 0 Å². The van der Waals surface area contributed by atoms with E-state index in [4.69, 9.17) is 0 Å². The lowest BCUT2D eigenvalue weighted by Gasteiger charge is -2.34. The molecule has 0 amide bonds. The van der Waals surface area contributed by atoms with Gasteiger partial charge in [-0.05, 0) is 43.8 Å². The summed E-state index contributed by atoms with van der Waals surface area (Å²) in [7, 11) is -1.49. The summed E-state index contributed by atoms with van der Waals surface area (Å²) >= 11 is 0. The van der Waals surface area contributed by atoms with E-state index in [-0.39, 0.29) is 17.2 Å². The second-order valence-electron chi connectivity index (χ2n) is 6.86. The number of piperazine rings is 1. The van der Waals surface area contributed by atoms with Crippen molar-refractivity contribution in [3.8, 4) is 0 Å². The van der Waals surface area contributed by atoms with Gasteiger partial charge in [0.2, 0.25) is 10.0 Å². The molecule has 0 unspecified atom stereocenters. The van der Waals surface area contributed by atoms with Crippen LogP contribution < -0.4 is 9.62 Å². The molecule has 0 bridgehead atoms. The highest BCUT2D eigenvalue weighted by Crippen LogP contribution is 2.18. The Labute approximate surface area is 160 Å². The van der Waals surface area contributed by atoms with Gasteiger partial charge >= 0.3 is 0 Å². The Hall–Kier alpha value is -2.22. The van der Waals surface area contributed by atoms with Gasteiger partial charge in [-0.2, -0.15) is 0 Å². The van der Waals surface area contributed by atoms with Crippen LogP contribution in [0.4, 0.5) is 5.69 Å². The smallest absolute Gasteiger partial charge is 0.240 e. The average molecular weight is 388 g/mol. The maximum absolute atomic E-state index is 12.4. The van der Waals surface area contributed by atoms with Gasteiger partial charge in [-0.15, -0.1) is 0 Å². The molecule has 1 fully saturated rings. The molecular weight excluding hydrogens is 362 g/mol. The Morgan fingerprint density at radius 2 is 1.56 bits per heavy atom. The molecule has 0 radical (unpaired) electrons. The molecule has 1 N–H and O–H groups in total. The summed E-state index contributed by atoms with van der Waals surface area (Å²) < 4.78 is 27.5. The first-order chi connectivity index (χ1) is 12.8. The quantitative estimate of drug-likeness (QED) is 0.769. The van der Waals surface area contributed by atoms with Crippen LogP contribution in [0.2, 0.25) is 0 Å². The van der Waals surface area contributed by atoms with Crippen LogP contribution in [0.3, 0.4) is 0 Å². The lowest BCUT2D eigenvalue weighted by Crippen LogP contribution is -2.44. The summed E-state index contributed by atoms with van der Waals surface area (Å²) in [5, 5.41) is 0. The minimum absolute atomic E-state index is 0.0904. The molecule has 0 aliphatic carbocycles. The fraction of sp³-hybridized carbons (Fsp3) is 0.350. The molecule has 2 aromatic carbocycles. The van der Waals surface area contributed by atoms with E-state index in [1.807, 2.05) is 24.3 Å². The third-order valence-corrected chi connectivity index (χ3v) is 6.26. The predicted octanol–water partition coefficient (Wildman–Crippen LogP) is 2.12. The zero-order chi connectivity index (χ0) is 19.4. The minimum atomic E-state index is -3.61. The van der Waals surface area contributed by atoms with Crippen LogP contribution in [-0.4, -0.2) is 52.3 Å². The number of nitrogens with zero attached hydrogens (tertiary/aromatic N) is 2. The molecule has 6 nitrogen and oxygen atoms in total. The summed E-state index contributed by atoms with van der Waals surface area (Å²) in [5.41, 5.74) is 2.56. The normalized spacial score (nSPS) is 15.7. The Morgan fingerprint density at radius 3 is 2.11 bits per heavy atom. The largest absolute Gasteiger partial charge is 0.369 e. The van der Waals surface area contributed by atoms with Gasteiger partial charge in [0.15, 0.2) is 5.78 Å². The average Bonchev–Trinajstić information content (AvgIpc) is 2.67. The molecule has 27 heavy (non-hydrogen) atoms. The van der Waals surface area contributed by atoms with Crippen LogP contribution in [0, 0.1) is 0 Å². The first-order valence-electron chi connectivity index (χ1n) is 8.98. The Kier molecular flexibility index (Phi) is 5.94. The number of rotatable bonds is 6. The highest BCUT2D eigenvalue weighted by molar-refractivity contribution is 7.89. The number of Topliss-reactive ketones (excluding diaryl/α,β-unsaturated/α-hetero) is 1. The van der Waals surface area contributed by atoms with Crippen LogP contribution in [0.15, 0.2) is 53.4 Å². The fourth-order valence-electron chi connectivity index (χ4n) is 3.02. The number of ketones is 1. The number of sulfonamides is 1. The van der Waals surface area contributed by atoms with Crippen molar-refractivity contribution in [2.75, 3.05) is 38.1 Å². The zero-order valence-corrected chi connectivity index (χ0v) is 16.5. The van der Waals surface area contributed by atoms with E-state index in [1.54, 1.807) is 0 Å². The standard InChI is InChI=1S/C20H25N3O3S/c1-16(24)18-5-9-20(10-6-18)27(25,26)21-15-17-3-7-19(8-4-17)23-13-11-22(2)12-14-23/h3-10,21H,11-15H2,1-2H3. The monoisotopic (exact) mass is 387 g/mol. The van der Waals surface area contributed by atoms with Gasteiger partial charge in [0.05, 0.1) is 4.90 Å². The first kappa shape index (κ1) is 19.5. The van der Waals surface area contributed by atoms with E-state index in [0.29, 0.717) is 5.56 Å². The van der Waals surface area contributed by atoms with E-state index in [9.17, 15) is 13.2 Å². The van der Waals surface area contributed by atoms with Crippen molar-refractivity contribution < 1.29 is 13.2 Å². The van der Waals surface area contributed by atoms with Crippen LogP contribution in [-0.2, 0) is 16.6 Å². The third kappa shape index (κ3) is 4.94. The lowest BCUT2D eigenvalue weighted by atomic mass is 10.2. The van der Waals surface area contributed by atoms with Crippen molar-refractivity contribution in [3.05, 3.63) is 59.7 Å². The number of likely N-dealkylation sites (N-methyl/N-ethyl adjacent to an activating group) is 1. The highest BCUT2D eigenvalue weighted by atomic mass is 32.2. The van der Waals surface area contributed by atoms with E-state index in [1.165, 1.54) is 31.2 Å². The van der Waals surface area contributed by atoms with Crippen molar-refractivity contribution in [2.24, 2.45) is 0 Å². The van der Waals surface area contributed by atoms with E-state index >= 15 is 0 Å². The fourth-order valence-corrected chi connectivity index (χ4v) is 4.04.